The van der Waals surface area contributed by atoms with Crippen LogP contribution in [0.25, 0.3) is 0 Å². The van der Waals surface area contributed by atoms with Gasteiger partial charge in [0.25, 0.3) is 0 Å². The lowest BCUT2D eigenvalue weighted by molar-refractivity contribution is 0.701. The number of nitrogens with zero attached hydrogens (tertiary/aromatic N) is 2. The summed E-state index contributed by atoms with van der Waals surface area (Å²) in [6.45, 7) is 8.33. The van der Waals surface area contributed by atoms with Gasteiger partial charge in [-0.1, -0.05) is 6.07 Å². The van der Waals surface area contributed by atoms with E-state index in [1.165, 1.54) is 11.1 Å². The van der Waals surface area contributed by atoms with Crippen molar-refractivity contribution in [2.45, 2.75) is 33.7 Å². The molecule has 0 spiro atoms. The number of aromatic nitrogens is 2. The summed E-state index contributed by atoms with van der Waals surface area (Å²) < 4.78 is 1.87. The molecule has 0 saturated heterocycles. The molecule has 1 unspecified atom stereocenters. The van der Waals surface area contributed by atoms with Gasteiger partial charge >= 0.3 is 0 Å². The molecule has 2 N–H and O–H groups in total. The van der Waals surface area contributed by atoms with E-state index in [0.717, 1.165) is 16.9 Å². The van der Waals surface area contributed by atoms with Gasteiger partial charge in [-0.05, 0) is 63.2 Å². The number of hydrogen-bond donors (Lipinski definition) is 2. The summed E-state index contributed by atoms with van der Waals surface area (Å²) in [5.74, 6) is 0. The average Bonchev–Trinajstić information content (AvgIpc) is 2.74. The van der Waals surface area contributed by atoms with Crippen molar-refractivity contribution in [3.8, 4) is 0 Å². The minimum absolute atomic E-state index is 0.116. The van der Waals surface area contributed by atoms with Gasteiger partial charge in [0.15, 0.2) is 5.11 Å². The second-order valence-corrected chi connectivity index (χ2v) is 5.84. The predicted octanol–water partition coefficient (Wildman–Crippen LogP) is 3.39. The third-order valence-corrected chi connectivity index (χ3v) is 4.07. The highest BCUT2D eigenvalue weighted by molar-refractivity contribution is 7.80. The van der Waals surface area contributed by atoms with Crippen LogP contribution in [0.4, 0.5) is 5.69 Å². The van der Waals surface area contributed by atoms with Crippen LogP contribution in [0.15, 0.2) is 24.4 Å². The lowest BCUT2D eigenvalue weighted by Crippen LogP contribution is -2.31. The Labute approximate surface area is 131 Å². The van der Waals surface area contributed by atoms with E-state index < -0.39 is 0 Å². The minimum Gasteiger partial charge on any atom is -0.356 e. The largest absolute Gasteiger partial charge is 0.356 e. The van der Waals surface area contributed by atoms with E-state index in [0.29, 0.717) is 5.11 Å². The van der Waals surface area contributed by atoms with E-state index in [1.807, 2.05) is 24.0 Å². The molecule has 2 aromatic rings. The number of benzene rings is 1. The first kappa shape index (κ1) is 15.5. The number of thiocarbonyl (C=S) groups is 1. The maximum atomic E-state index is 5.39. The van der Waals surface area contributed by atoms with Gasteiger partial charge in [0.2, 0.25) is 0 Å². The molecular formula is C16H22N4S. The lowest BCUT2D eigenvalue weighted by atomic mass is 10.1. The Morgan fingerprint density at radius 1 is 1.24 bits per heavy atom. The van der Waals surface area contributed by atoms with Crippen molar-refractivity contribution < 1.29 is 0 Å². The van der Waals surface area contributed by atoms with Crippen LogP contribution in [-0.2, 0) is 7.05 Å². The van der Waals surface area contributed by atoms with Crippen LogP contribution in [0.5, 0.6) is 0 Å². The second kappa shape index (κ2) is 6.26. The molecule has 1 aromatic heterocycles. The van der Waals surface area contributed by atoms with E-state index >= 15 is 0 Å². The first-order valence-corrected chi connectivity index (χ1v) is 7.42. The van der Waals surface area contributed by atoms with Crippen molar-refractivity contribution >= 4 is 23.0 Å². The zero-order chi connectivity index (χ0) is 15.6. The van der Waals surface area contributed by atoms with Crippen molar-refractivity contribution in [2.24, 2.45) is 7.05 Å². The number of hydrogen-bond acceptors (Lipinski definition) is 2. The van der Waals surface area contributed by atoms with Crippen molar-refractivity contribution in [2.75, 3.05) is 5.32 Å². The normalized spacial score (nSPS) is 12.0. The van der Waals surface area contributed by atoms with E-state index in [2.05, 4.69) is 55.6 Å². The highest BCUT2D eigenvalue weighted by atomic mass is 32.1. The van der Waals surface area contributed by atoms with Crippen molar-refractivity contribution in [3.05, 3.63) is 46.8 Å². The van der Waals surface area contributed by atoms with Gasteiger partial charge in [-0.3, -0.25) is 4.68 Å². The summed E-state index contributed by atoms with van der Waals surface area (Å²) in [6.07, 6.45) is 1.88. The summed E-state index contributed by atoms with van der Waals surface area (Å²) in [5, 5.41) is 11.4. The molecule has 5 heteroatoms. The Balaban J connectivity index is 2.01. The van der Waals surface area contributed by atoms with Gasteiger partial charge in [-0.2, -0.15) is 5.10 Å². The molecule has 0 bridgehead atoms. The van der Waals surface area contributed by atoms with E-state index in [1.54, 1.807) is 0 Å². The predicted molar refractivity (Wildman–Crippen MR) is 91.6 cm³/mol. The zero-order valence-electron chi connectivity index (χ0n) is 13.2. The van der Waals surface area contributed by atoms with Gasteiger partial charge in [0, 0.05) is 24.0 Å². The smallest absolute Gasteiger partial charge is 0.171 e. The fraction of sp³-hybridized carbons (Fsp3) is 0.375. The summed E-state index contributed by atoms with van der Waals surface area (Å²) in [7, 11) is 1.94. The Bertz CT molecular complexity index is 660. The number of anilines is 1. The lowest BCUT2D eigenvalue weighted by Gasteiger charge is -2.17. The van der Waals surface area contributed by atoms with Gasteiger partial charge in [0.05, 0.1) is 12.2 Å². The SMILES string of the molecule is Cc1ccc(NC(=S)NC(C)c2cnn(C)c2C)cc1C. The highest BCUT2D eigenvalue weighted by Crippen LogP contribution is 2.17. The average molecular weight is 302 g/mol. The molecule has 4 nitrogen and oxygen atoms in total. The molecule has 0 aliphatic heterocycles. The topological polar surface area (TPSA) is 41.9 Å². The zero-order valence-corrected chi connectivity index (χ0v) is 14.0. The standard InChI is InChI=1S/C16H22N4S/c1-10-6-7-14(8-11(10)2)19-16(21)18-12(3)15-9-17-20(5)13(15)4/h6-9,12H,1-5H3,(H2,18,19,21). The van der Waals surface area contributed by atoms with E-state index in [9.17, 15) is 0 Å². The maximum absolute atomic E-state index is 5.39. The molecule has 1 atom stereocenters. The molecule has 0 amide bonds. The molecule has 21 heavy (non-hydrogen) atoms. The Morgan fingerprint density at radius 3 is 2.52 bits per heavy atom. The number of rotatable bonds is 3. The highest BCUT2D eigenvalue weighted by Gasteiger charge is 2.13. The van der Waals surface area contributed by atoms with Gasteiger partial charge in [-0.15, -0.1) is 0 Å². The Kier molecular flexibility index (Phi) is 4.63. The van der Waals surface area contributed by atoms with Gasteiger partial charge in [0.1, 0.15) is 0 Å². The van der Waals surface area contributed by atoms with Crippen LogP contribution < -0.4 is 10.6 Å². The van der Waals surface area contributed by atoms with Crippen LogP contribution in [0.2, 0.25) is 0 Å². The Hall–Kier alpha value is -1.88. The number of aryl methyl sites for hydroxylation is 3. The minimum atomic E-state index is 0.116. The molecule has 0 radical (unpaired) electrons. The van der Waals surface area contributed by atoms with Crippen LogP contribution in [0.3, 0.4) is 0 Å². The van der Waals surface area contributed by atoms with Gasteiger partial charge in [-0.25, -0.2) is 0 Å². The molecular weight excluding hydrogens is 280 g/mol. The van der Waals surface area contributed by atoms with Crippen LogP contribution in [0.1, 0.15) is 35.3 Å². The van der Waals surface area contributed by atoms with Crippen LogP contribution >= 0.6 is 12.2 Å². The van der Waals surface area contributed by atoms with Crippen molar-refractivity contribution in [1.29, 1.82) is 0 Å². The fourth-order valence-electron chi connectivity index (χ4n) is 2.20. The molecule has 1 heterocycles. The monoisotopic (exact) mass is 302 g/mol. The summed E-state index contributed by atoms with van der Waals surface area (Å²) >= 11 is 5.39. The summed E-state index contributed by atoms with van der Waals surface area (Å²) in [6, 6.07) is 6.35. The molecule has 0 aliphatic rings. The quantitative estimate of drug-likeness (QED) is 0.853. The second-order valence-electron chi connectivity index (χ2n) is 5.43. The van der Waals surface area contributed by atoms with Crippen LogP contribution in [-0.4, -0.2) is 14.9 Å². The molecule has 0 aliphatic carbocycles. The van der Waals surface area contributed by atoms with Crippen LogP contribution in [0, 0.1) is 20.8 Å². The first-order chi connectivity index (χ1) is 9.88. The first-order valence-electron chi connectivity index (χ1n) is 7.01. The third-order valence-electron chi connectivity index (χ3n) is 3.85. The van der Waals surface area contributed by atoms with E-state index in [-0.39, 0.29) is 6.04 Å². The van der Waals surface area contributed by atoms with Gasteiger partial charge < -0.3 is 10.6 Å². The molecule has 112 valence electrons. The van der Waals surface area contributed by atoms with Crippen molar-refractivity contribution in [1.82, 2.24) is 15.1 Å². The fourth-order valence-corrected chi connectivity index (χ4v) is 2.50. The van der Waals surface area contributed by atoms with E-state index in [4.69, 9.17) is 12.2 Å². The van der Waals surface area contributed by atoms with Crippen molar-refractivity contribution in [3.63, 3.8) is 0 Å². The summed E-state index contributed by atoms with van der Waals surface area (Å²) in [5.41, 5.74) is 5.83. The molecule has 1 aromatic carbocycles. The maximum Gasteiger partial charge on any atom is 0.171 e. The molecule has 2 rings (SSSR count). The summed E-state index contributed by atoms with van der Waals surface area (Å²) in [4.78, 5) is 0. The Morgan fingerprint density at radius 2 is 1.95 bits per heavy atom. The third kappa shape index (κ3) is 3.61. The molecule has 0 saturated carbocycles. The molecule has 0 fully saturated rings. The number of nitrogens with one attached hydrogen (secondary N) is 2.